The molecule has 0 aliphatic rings. The lowest BCUT2D eigenvalue weighted by Gasteiger charge is -2.19. The van der Waals surface area contributed by atoms with Crippen molar-refractivity contribution in [1.29, 1.82) is 5.26 Å². The van der Waals surface area contributed by atoms with Crippen molar-refractivity contribution in [2.75, 3.05) is 0 Å². The molecule has 0 radical (unpaired) electrons. The molecule has 0 unspecified atom stereocenters. The van der Waals surface area contributed by atoms with Crippen LogP contribution in [0.2, 0.25) is 0 Å². The molecule has 2 aromatic heterocycles. The van der Waals surface area contributed by atoms with Gasteiger partial charge in [0, 0.05) is 21.5 Å². The first-order chi connectivity index (χ1) is 29.4. The van der Waals surface area contributed by atoms with Crippen LogP contribution in [0.5, 0.6) is 0 Å². The molecule has 0 amide bonds. The minimum Gasteiger partial charge on any atom is -0.308 e. The Morgan fingerprint density at radius 3 is 1.34 bits per heavy atom. The summed E-state index contributed by atoms with van der Waals surface area (Å²) in [6, 6.07) is 52.6. The fourth-order valence-electron chi connectivity index (χ4n) is 9.43. The second-order valence-corrected chi connectivity index (χ2v) is 16.4. The Morgan fingerprint density at radius 2 is 0.885 bits per heavy atom. The number of rotatable bonds is 5. The molecule has 0 fully saturated rings. The van der Waals surface area contributed by atoms with Crippen LogP contribution in [-0.4, -0.2) is 9.13 Å². The Labute approximate surface area is 352 Å². The summed E-state index contributed by atoms with van der Waals surface area (Å²) in [4.78, 5) is 0. The smallest absolute Gasteiger partial charge is 0.308 e. The van der Waals surface area contributed by atoms with Gasteiger partial charge >= 0.3 is 6.18 Å². The van der Waals surface area contributed by atoms with Crippen LogP contribution >= 0.6 is 0 Å². The first kappa shape index (κ1) is 37.9. The third-order valence-corrected chi connectivity index (χ3v) is 12.2. The van der Waals surface area contributed by atoms with E-state index in [1.54, 1.807) is 13.0 Å². The monoisotopic (exact) mass is 799 g/mol. The maximum Gasteiger partial charge on any atom is 0.416 e. The van der Waals surface area contributed by atoms with Crippen LogP contribution in [0.3, 0.4) is 0 Å². The van der Waals surface area contributed by atoms with Crippen LogP contribution < -0.4 is 0 Å². The number of nitrogens with zero attached hydrogens (tertiary/aromatic N) is 3. The standard InChI is InChI=1S/C55H40F3N3/c1-32-14-18-42(35(4)22-32)37-16-20-51-46(27-37)44-10-6-8-12-49(44)60(51)53-29-40(39-24-34(3)25-41(26-39)55(56,57)58)30-54(48(53)31-59)61-50-13-9-7-11-45(50)47-28-38(17-21-52(47)61)43-19-15-33(2)23-36(43)5/h6-30H,1-5H3. The summed E-state index contributed by atoms with van der Waals surface area (Å²) < 4.78 is 47.5. The van der Waals surface area contributed by atoms with Crippen LogP contribution in [-0.2, 0) is 6.18 Å². The molecular weight excluding hydrogens is 760 g/mol. The lowest BCUT2D eigenvalue weighted by molar-refractivity contribution is -0.137. The summed E-state index contributed by atoms with van der Waals surface area (Å²) in [6.07, 6.45) is -4.54. The highest BCUT2D eigenvalue weighted by Gasteiger charge is 2.31. The first-order valence-corrected chi connectivity index (χ1v) is 20.4. The SMILES string of the molecule is Cc1cc(-c2cc(-n3c4ccccc4c4cc(-c5ccc(C)cc5C)ccc43)c(C#N)c(-n3c4ccccc4c4cc(-c5ccc(C)cc5C)ccc43)c2)cc(C(F)(F)F)c1. The zero-order valence-electron chi connectivity index (χ0n) is 34.4. The molecule has 0 atom stereocenters. The van der Waals surface area contributed by atoms with E-state index in [1.807, 2.05) is 48.5 Å². The van der Waals surface area contributed by atoms with Crippen molar-refractivity contribution in [2.45, 2.75) is 40.8 Å². The van der Waals surface area contributed by atoms with E-state index in [9.17, 15) is 18.4 Å². The van der Waals surface area contributed by atoms with Crippen LogP contribution in [0.4, 0.5) is 13.2 Å². The molecule has 0 aliphatic carbocycles. The van der Waals surface area contributed by atoms with E-state index < -0.39 is 11.7 Å². The van der Waals surface area contributed by atoms with Gasteiger partial charge in [-0.1, -0.05) is 102 Å². The molecule has 2 heterocycles. The summed E-state index contributed by atoms with van der Waals surface area (Å²) in [5.74, 6) is 0. The fourth-order valence-corrected chi connectivity index (χ4v) is 9.43. The summed E-state index contributed by atoms with van der Waals surface area (Å²) >= 11 is 0. The lowest BCUT2D eigenvalue weighted by atomic mass is 9.96. The van der Waals surface area contributed by atoms with Crippen LogP contribution in [0, 0.1) is 45.9 Å². The van der Waals surface area contributed by atoms with Crippen molar-refractivity contribution in [3.8, 4) is 50.8 Å². The highest BCUT2D eigenvalue weighted by atomic mass is 19.4. The predicted molar refractivity (Wildman–Crippen MR) is 245 cm³/mol. The molecule has 10 aromatic rings. The number of hydrogen-bond donors (Lipinski definition) is 0. The Balaban J connectivity index is 1.30. The molecule has 61 heavy (non-hydrogen) atoms. The zero-order chi connectivity index (χ0) is 42.3. The number of nitriles is 1. The van der Waals surface area contributed by atoms with Crippen LogP contribution in [0.15, 0.2) is 152 Å². The van der Waals surface area contributed by atoms with Crippen LogP contribution in [0.25, 0.3) is 88.4 Å². The normalized spacial score (nSPS) is 11.9. The van der Waals surface area contributed by atoms with Crippen molar-refractivity contribution in [3.63, 3.8) is 0 Å². The van der Waals surface area contributed by atoms with Gasteiger partial charge < -0.3 is 9.13 Å². The lowest BCUT2D eigenvalue weighted by Crippen LogP contribution is -2.07. The topological polar surface area (TPSA) is 33.6 Å². The summed E-state index contributed by atoms with van der Waals surface area (Å²) in [7, 11) is 0. The van der Waals surface area contributed by atoms with E-state index in [2.05, 4.69) is 128 Å². The van der Waals surface area contributed by atoms with Gasteiger partial charge in [-0.15, -0.1) is 0 Å². The van der Waals surface area contributed by atoms with Gasteiger partial charge in [0.2, 0.25) is 0 Å². The third kappa shape index (κ3) is 6.28. The van der Waals surface area contributed by atoms with Crippen LogP contribution in [0.1, 0.15) is 38.9 Å². The van der Waals surface area contributed by atoms with Gasteiger partial charge in [0.15, 0.2) is 0 Å². The molecule has 0 bridgehead atoms. The van der Waals surface area contributed by atoms with E-state index in [1.165, 1.54) is 34.4 Å². The first-order valence-electron chi connectivity index (χ1n) is 20.4. The minimum atomic E-state index is -4.54. The van der Waals surface area contributed by atoms with E-state index in [-0.39, 0.29) is 0 Å². The quantitative estimate of drug-likeness (QED) is 0.171. The fraction of sp³-hybridized carbons (Fsp3) is 0.109. The maximum atomic E-state index is 14.4. The molecule has 0 spiro atoms. The largest absolute Gasteiger partial charge is 0.416 e. The van der Waals surface area contributed by atoms with Gasteiger partial charge in [0.05, 0.1) is 39.0 Å². The third-order valence-electron chi connectivity index (χ3n) is 12.2. The summed E-state index contributed by atoms with van der Waals surface area (Å²) in [6.45, 7) is 10.1. The van der Waals surface area contributed by atoms with Gasteiger partial charge in [-0.3, -0.25) is 0 Å². The van der Waals surface area contributed by atoms with Gasteiger partial charge in [-0.2, -0.15) is 18.4 Å². The number of alkyl halides is 3. The average Bonchev–Trinajstić information content (AvgIpc) is 3.74. The maximum absolute atomic E-state index is 14.4. The van der Waals surface area contributed by atoms with E-state index >= 15 is 0 Å². The number of benzene rings is 8. The molecule has 0 aliphatic heterocycles. The molecule has 296 valence electrons. The number of para-hydroxylation sites is 2. The van der Waals surface area contributed by atoms with Crippen molar-refractivity contribution >= 4 is 43.6 Å². The van der Waals surface area contributed by atoms with Crippen molar-refractivity contribution < 1.29 is 13.2 Å². The second-order valence-electron chi connectivity index (χ2n) is 16.4. The van der Waals surface area contributed by atoms with Crippen molar-refractivity contribution in [1.82, 2.24) is 9.13 Å². The van der Waals surface area contributed by atoms with E-state index in [4.69, 9.17) is 0 Å². The average molecular weight is 800 g/mol. The highest BCUT2D eigenvalue weighted by Crippen LogP contribution is 2.43. The summed E-state index contributed by atoms with van der Waals surface area (Å²) in [5, 5.41) is 15.4. The minimum absolute atomic E-state index is 0.398. The number of aryl methyl sites for hydroxylation is 5. The molecule has 3 nitrogen and oxygen atoms in total. The Hall–Kier alpha value is -7.36. The van der Waals surface area contributed by atoms with Gasteiger partial charge in [-0.05, 0) is 145 Å². The molecule has 0 saturated carbocycles. The van der Waals surface area contributed by atoms with E-state index in [0.29, 0.717) is 33.6 Å². The van der Waals surface area contributed by atoms with E-state index in [0.717, 1.165) is 65.9 Å². The number of halogens is 3. The summed E-state index contributed by atoms with van der Waals surface area (Å²) in [5.41, 5.74) is 15.0. The predicted octanol–water partition coefficient (Wildman–Crippen LogP) is 15.3. The Kier molecular flexibility index (Phi) is 8.78. The molecule has 6 heteroatoms. The molecule has 0 saturated heterocycles. The zero-order valence-corrected chi connectivity index (χ0v) is 34.4. The van der Waals surface area contributed by atoms with Gasteiger partial charge in [-0.25, -0.2) is 0 Å². The molecule has 8 aromatic carbocycles. The second kappa shape index (κ2) is 14.1. The van der Waals surface area contributed by atoms with Crippen molar-refractivity contribution in [3.05, 3.63) is 191 Å². The van der Waals surface area contributed by atoms with Gasteiger partial charge in [0.25, 0.3) is 0 Å². The molecule has 10 rings (SSSR count). The Bertz CT molecular complexity index is 3290. The number of hydrogen-bond acceptors (Lipinski definition) is 1. The Morgan fingerprint density at radius 1 is 0.426 bits per heavy atom. The molecular formula is C55H40F3N3. The van der Waals surface area contributed by atoms with Gasteiger partial charge in [0.1, 0.15) is 11.6 Å². The highest BCUT2D eigenvalue weighted by molar-refractivity contribution is 6.12. The number of aromatic nitrogens is 2. The van der Waals surface area contributed by atoms with Crippen molar-refractivity contribution in [2.24, 2.45) is 0 Å². The molecule has 0 N–H and O–H groups in total. The number of fused-ring (bicyclic) bond motifs is 6.